The Hall–Kier alpha value is -0.420. The number of amides is 1. The zero-order valence-corrected chi connectivity index (χ0v) is 11.3. The van der Waals surface area contributed by atoms with E-state index < -0.39 is 10.8 Å². The topological polar surface area (TPSA) is 49.4 Å². The lowest BCUT2D eigenvalue weighted by molar-refractivity contribution is -0.131. The summed E-state index contributed by atoms with van der Waals surface area (Å²) in [6, 6.07) is 0.337. The van der Waals surface area contributed by atoms with Crippen LogP contribution in [0.2, 0.25) is 0 Å². The van der Waals surface area contributed by atoms with E-state index in [-0.39, 0.29) is 5.91 Å². The Morgan fingerprint density at radius 2 is 2.12 bits per heavy atom. The number of carbonyl (C=O) groups excluding carboxylic acids is 1. The van der Waals surface area contributed by atoms with Crippen molar-refractivity contribution in [1.82, 2.24) is 10.2 Å². The standard InChI is InChI=1S/C12H22N2O2S/c1-10-3-2-4-13-11(10)9-12(15)14-5-7-17(16)8-6-14/h10-11,13H,2-9H2,1H3. The van der Waals surface area contributed by atoms with Crippen LogP contribution in [-0.4, -0.2) is 52.2 Å². The highest BCUT2D eigenvalue weighted by atomic mass is 32.2. The smallest absolute Gasteiger partial charge is 0.224 e. The summed E-state index contributed by atoms with van der Waals surface area (Å²) in [7, 11) is -0.701. The number of rotatable bonds is 2. The van der Waals surface area contributed by atoms with E-state index in [1.54, 1.807) is 0 Å². The zero-order valence-electron chi connectivity index (χ0n) is 10.5. The number of hydrogen-bond acceptors (Lipinski definition) is 3. The molecule has 0 spiro atoms. The largest absolute Gasteiger partial charge is 0.341 e. The molecular weight excluding hydrogens is 236 g/mol. The van der Waals surface area contributed by atoms with Gasteiger partial charge in [0.25, 0.3) is 0 Å². The molecule has 0 bridgehead atoms. The fourth-order valence-corrected chi connectivity index (χ4v) is 3.64. The first-order valence-corrected chi connectivity index (χ1v) is 8.02. The van der Waals surface area contributed by atoms with Crippen LogP contribution in [0.15, 0.2) is 0 Å². The van der Waals surface area contributed by atoms with Crippen molar-refractivity contribution < 1.29 is 9.00 Å². The Kier molecular flexibility index (Phi) is 4.56. The number of nitrogens with one attached hydrogen (secondary N) is 1. The molecule has 4 nitrogen and oxygen atoms in total. The number of nitrogens with zero attached hydrogens (tertiary/aromatic N) is 1. The molecule has 1 N–H and O–H groups in total. The lowest BCUT2D eigenvalue weighted by Gasteiger charge is -2.33. The van der Waals surface area contributed by atoms with Crippen LogP contribution in [0.25, 0.3) is 0 Å². The van der Waals surface area contributed by atoms with Crippen molar-refractivity contribution in [3.63, 3.8) is 0 Å². The van der Waals surface area contributed by atoms with Crippen LogP contribution in [0.5, 0.6) is 0 Å². The van der Waals surface area contributed by atoms with E-state index in [0.29, 0.717) is 43.0 Å². The first kappa shape index (κ1) is 13.0. The van der Waals surface area contributed by atoms with Crippen molar-refractivity contribution in [2.24, 2.45) is 5.92 Å². The first-order chi connectivity index (χ1) is 8.16. The monoisotopic (exact) mass is 258 g/mol. The van der Waals surface area contributed by atoms with Gasteiger partial charge < -0.3 is 10.2 Å². The predicted octanol–water partition coefficient (Wildman–Crippen LogP) is 0.356. The molecule has 0 aromatic heterocycles. The average Bonchev–Trinajstić information content (AvgIpc) is 2.33. The SMILES string of the molecule is CC1CCCNC1CC(=O)N1CCS(=O)CC1. The summed E-state index contributed by atoms with van der Waals surface area (Å²) >= 11 is 0. The van der Waals surface area contributed by atoms with Gasteiger partial charge in [-0.3, -0.25) is 9.00 Å². The van der Waals surface area contributed by atoms with E-state index >= 15 is 0 Å². The van der Waals surface area contributed by atoms with Crippen molar-refractivity contribution in [1.29, 1.82) is 0 Å². The highest BCUT2D eigenvalue weighted by molar-refractivity contribution is 7.85. The van der Waals surface area contributed by atoms with Crippen LogP contribution in [0.3, 0.4) is 0 Å². The Morgan fingerprint density at radius 1 is 1.41 bits per heavy atom. The molecule has 2 aliphatic heterocycles. The predicted molar refractivity (Wildman–Crippen MR) is 69.3 cm³/mol. The molecular formula is C12H22N2O2S. The molecule has 0 aromatic rings. The summed E-state index contributed by atoms with van der Waals surface area (Å²) in [4.78, 5) is 14.0. The number of piperidine rings is 1. The van der Waals surface area contributed by atoms with Gasteiger partial charge in [-0.1, -0.05) is 6.92 Å². The van der Waals surface area contributed by atoms with Crippen LogP contribution >= 0.6 is 0 Å². The molecule has 0 aliphatic carbocycles. The quantitative estimate of drug-likeness (QED) is 0.778. The zero-order chi connectivity index (χ0) is 12.3. The van der Waals surface area contributed by atoms with E-state index in [0.717, 1.165) is 6.54 Å². The van der Waals surface area contributed by atoms with E-state index in [1.165, 1.54) is 12.8 Å². The molecule has 0 saturated carbocycles. The fourth-order valence-electron chi connectivity index (χ4n) is 2.59. The highest BCUT2D eigenvalue weighted by Crippen LogP contribution is 2.19. The molecule has 2 aliphatic rings. The molecule has 2 saturated heterocycles. The lowest BCUT2D eigenvalue weighted by Crippen LogP contribution is -2.47. The summed E-state index contributed by atoms with van der Waals surface area (Å²) in [6.45, 7) is 4.60. The van der Waals surface area contributed by atoms with E-state index in [1.807, 2.05) is 4.90 Å². The molecule has 2 atom stereocenters. The van der Waals surface area contributed by atoms with Gasteiger partial charge in [0.15, 0.2) is 0 Å². The maximum absolute atomic E-state index is 12.1. The summed E-state index contributed by atoms with van der Waals surface area (Å²) in [5, 5.41) is 3.44. The van der Waals surface area contributed by atoms with Crippen molar-refractivity contribution in [3.05, 3.63) is 0 Å². The second-order valence-corrected chi connectivity index (χ2v) is 6.81. The highest BCUT2D eigenvalue weighted by Gasteiger charge is 2.27. The molecule has 1 amide bonds. The van der Waals surface area contributed by atoms with Crippen LogP contribution in [0.4, 0.5) is 0 Å². The fraction of sp³-hybridized carbons (Fsp3) is 0.917. The van der Waals surface area contributed by atoms with Crippen LogP contribution in [0, 0.1) is 5.92 Å². The van der Waals surface area contributed by atoms with Gasteiger partial charge in [0.2, 0.25) is 5.91 Å². The molecule has 2 unspecified atom stereocenters. The summed E-state index contributed by atoms with van der Waals surface area (Å²) in [6.07, 6.45) is 3.04. The maximum atomic E-state index is 12.1. The van der Waals surface area contributed by atoms with Gasteiger partial charge in [-0.15, -0.1) is 0 Å². The van der Waals surface area contributed by atoms with Gasteiger partial charge in [0.1, 0.15) is 0 Å². The van der Waals surface area contributed by atoms with E-state index in [9.17, 15) is 9.00 Å². The second-order valence-electron chi connectivity index (χ2n) is 5.11. The maximum Gasteiger partial charge on any atom is 0.224 e. The van der Waals surface area contributed by atoms with Crippen LogP contribution in [0.1, 0.15) is 26.2 Å². The summed E-state index contributed by atoms with van der Waals surface area (Å²) in [5.41, 5.74) is 0. The Bertz CT molecular complexity index is 299. The van der Waals surface area contributed by atoms with Crippen LogP contribution < -0.4 is 5.32 Å². The molecule has 17 heavy (non-hydrogen) atoms. The van der Waals surface area contributed by atoms with Gasteiger partial charge in [-0.2, -0.15) is 0 Å². The Morgan fingerprint density at radius 3 is 2.76 bits per heavy atom. The van der Waals surface area contributed by atoms with Crippen molar-refractivity contribution >= 4 is 16.7 Å². The van der Waals surface area contributed by atoms with Gasteiger partial charge in [0, 0.05) is 47.9 Å². The number of hydrogen-bond donors (Lipinski definition) is 1. The summed E-state index contributed by atoms with van der Waals surface area (Å²) < 4.78 is 11.2. The van der Waals surface area contributed by atoms with Crippen molar-refractivity contribution in [2.75, 3.05) is 31.1 Å². The van der Waals surface area contributed by atoms with Crippen molar-refractivity contribution in [2.45, 2.75) is 32.2 Å². The molecule has 0 aromatic carbocycles. The van der Waals surface area contributed by atoms with Crippen molar-refractivity contribution in [3.8, 4) is 0 Å². The van der Waals surface area contributed by atoms with Gasteiger partial charge in [-0.05, 0) is 25.3 Å². The minimum Gasteiger partial charge on any atom is -0.341 e. The molecule has 98 valence electrons. The molecule has 2 fully saturated rings. The van der Waals surface area contributed by atoms with Gasteiger partial charge >= 0.3 is 0 Å². The van der Waals surface area contributed by atoms with Gasteiger partial charge in [-0.25, -0.2) is 0 Å². The molecule has 2 heterocycles. The van der Waals surface area contributed by atoms with E-state index in [4.69, 9.17) is 0 Å². The summed E-state index contributed by atoms with van der Waals surface area (Å²) in [5.74, 6) is 2.12. The number of carbonyl (C=O) groups is 1. The molecule has 5 heteroatoms. The lowest BCUT2D eigenvalue weighted by atomic mass is 9.90. The van der Waals surface area contributed by atoms with Crippen LogP contribution in [-0.2, 0) is 15.6 Å². The third kappa shape index (κ3) is 3.52. The Balaban J connectivity index is 1.81. The minimum absolute atomic E-state index is 0.230. The minimum atomic E-state index is -0.701. The third-order valence-electron chi connectivity index (χ3n) is 3.85. The Labute approximate surface area is 106 Å². The van der Waals surface area contributed by atoms with Gasteiger partial charge in [0.05, 0.1) is 0 Å². The molecule has 0 radical (unpaired) electrons. The second kappa shape index (κ2) is 5.96. The molecule has 2 rings (SSSR count). The van der Waals surface area contributed by atoms with E-state index in [2.05, 4.69) is 12.2 Å². The third-order valence-corrected chi connectivity index (χ3v) is 5.13. The first-order valence-electron chi connectivity index (χ1n) is 6.53. The normalized spacial score (nSPS) is 31.5. The average molecular weight is 258 g/mol.